The van der Waals surface area contributed by atoms with Crippen molar-refractivity contribution in [2.75, 3.05) is 12.4 Å². The number of aryl methyl sites for hydroxylation is 1. The zero-order valence-electron chi connectivity index (χ0n) is 11.8. The number of anilines is 1. The van der Waals surface area contributed by atoms with Crippen LogP contribution in [0.15, 0.2) is 18.2 Å². The molecule has 0 aromatic heterocycles. The third-order valence-corrected chi connectivity index (χ3v) is 3.15. The monoisotopic (exact) mass is 248 g/mol. The van der Waals surface area contributed by atoms with Gasteiger partial charge in [-0.3, -0.25) is 4.79 Å². The zero-order valence-corrected chi connectivity index (χ0v) is 11.8. The number of rotatable bonds is 6. The quantitative estimate of drug-likeness (QED) is 0.810. The maximum atomic E-state index is 12.2. The van der Waals surface area contributed by atoms with Crippen LogP contribution in [0.3, 0.4) is 0 Å². The van der Waals surface area contributed by atoms with Gasteiger partial charge in [-0.2, -0.15) is 0 Å². The third-order valence-electron chi connectivity index (χ3n) is 3.15. The zero-order chi connectivity index (χ0) is 13.5. The summed E-state index contributed by atoms with van der Waals surface area (Å²) in [5.74, 6) is 0.0136. The molecule has 1 amide bonds. The van der Waals surface area contributed by atoms with E-state index < -0.39 is 0 Å². The van der Waals surface area contributed by atoms with Gasteiger partial charge in [0.1, 0.15) is 0 Å². The Morgan fingerprint density at radius 2 is 2.06 bits per heavy atom. The van der Waals surface area contributed by atoms with Gasteiger partial charge in [0, 0.05) is 18.8 Å². The molecule has 100 valence electrons. The van der Waals surface area contributed by atoms with Crippen molar-refractivity contribution in [1.29, 1.82) is 0 Å². The Morgan fingerprint density at radius 3 is 2.61 bits per heavy atom. The molecular weight excluding hydrogens is 224 g/mol. The lowest BCUT2D eigenvalue weighted by Gasteiger charge is -2.17. The molecule has 1 aromatic carbocycles. The predicted octanol–water partition coefficient (Wildman–Crippen LogP) is 3.35. The molecule has 18 heavy (non-hydrogen) atoms. The molecule has 0 aliphatic rings. The summed E-state index contributed by atoms with van der Waals surface area (Å²) < 4.78 is 0. The molecule has 0 bridgehead atoms. The molecule has 1 rings (SSSR count). The molecule has 1 atom stereocenters. The number of hydrogen-bond donors (Lipinski definition) is 2. The minimum Gasteiger partial charge on any atom is -0.387 e. The lowest BCUT2D eigenvalue weighted by Crippen LogP contribution is -2.34. The van der Waals surface area contributed by atoms with Crippen molar-refractivity contribution in [3.63, 3.8) is 0 Å². The second-order valence-corrected chi connectivity index (χ2v) is 4.67. The van der Waals surface area contributed by atoms with Crippen LogP contribution in [-0.2, 0) is 0 Å². The Kier molecular flexibility index (Phi) is 5.69. The Hall–Kier alpha value is -1.51. The van der Waals surface area contributed by atoms with Crippen molar-refractivity contribution in [3.05, 3.63) is 29.3 Å². The van der Waals surface area contributed by atoms with Crippen LogP contribution >= 0.6 is 0 Å². The molecule has 0 fully saturated rings. The van der Waals surface area contributed by atoms with Gasteiger partial charge in [0.2, 0.25) is 0 Å². The van der Waals surface area contributed by atoms with E-state index in [9.17, 15) is 4.79 Å². The SMILES string of the molecule is CCCC(CC)NC(=O)c1ccc(C)cc1NC. The van der Waals surface area contributed by atoms with Crippen molar-refractivity contribution in [3.8, 4) is 0 Å². The number of carbonyl (C=O) groups excluding carboxylic acids is 1. The van der Waals surface area contributed by atoms with Crippen LogP contribution in [0, 0.1) is 6.92 Å². The molecule has 1 aromatic rings. The van der Waals surface area contributed by atoms with E-state index >= 15 is 0 Å². The molecule has 0 aliphatic carbocycles. The summed E-state index contributed by atoms with van der Waals surface area (Å²) in [7, 11) is 1.84. The predicted molar refractivity (Wildman–Crippen MR) is 77.2 cm³/mol. The average molecular weight is 248 g/mol. The van der Waals surface area contributed by atoms with Gasteiger partial charge >= 0.3 is 0 Å². The Labute approximate surface area is 110 Å². The van der Waals surface area contributed by atoms with E-state index in [1.165, 1.54) is 0 Å². The van der Waals surface area contributed by atoms with Gasteiger partial charge in [-0.05, 0) is 37.5 Å². The van der Waals surface area contributed by atoms with E-state index in [0.29, 0.717) is 0 Å². The highest BCUT2D eigenvalue weighted by Gasteiger charge is 2.14. The van der Waals surface area contributed by atoms with Crippen molar-refractivity contribution in [2.24, 2.45) is 0 Å². The molecule has 0 saturated carbocycles. The first-order valence-corrected chi connectivity index (χ1v) is 6.71. The third kappa shape index (κ3) is 3.76. The normalized spacial score (nSPS) is 12.0. The van der Waals surface area contributed by atoms with E-state index in [2.05, 4.69) is 24.5 Å². The van der Waals surface area contributed by atoms with Gasteiger partial charge in [-0.25, -0.2) is 0 Å². The van der Waals surface area contributed by atoms with Crippen LogP contribution in [0.5, 0.6) is 0 Å². The average Bonchev–Trinajstić information content (AvgIpc) is 2.37. The second kappa shape index (κ2) is 7.04. The van der Waals surface area contributed by atoms with Gasteiger partial charge < -0.3 is 10.6 Å². The largest absolute Gasteiger partial charge is 0.387 e. The lowest BCUT2D eigenvalue weighted by atomic mass is 10.1. The molecule has 3 nitrogen and oxygen atoms in total. The second-order valence-electron chi connectivity index (χ2n) is 4.67. The lowest BCUT2D eigenvalue weighted by molar-refractivity contribution is 0.0934. The van der Waals surface area contributed by atoms with Crippen LogP contribution in [0.2, 0.25) is 0 Å². The highest BCUT2D eigenvalue weighted by Crippen LogP contribution is 2.17. The number of nitrogens with one attached hydrogen (secondary N) is 2. The highest BCUT2D eigenvalue weighted by atomic mass is 16.1. The molecule has 0 aliphatic heterocycles. The number of benzene rings is 1. The smallest absolute Gasteiger partial charge is 0.253 e. The number of amides is 1. The summed E-state index contributed by atoms with van der Waals surface area (Å²) >= 11 is 0. The summed E-state index contributed by atoms with van der Waals surface area (Å²) in [6.45, 7) is 6.27. The molecule has 0 saturated heterocycles. The maximum Gasteiger partial charge on any atom is 0.253 e. The maximum absolute atomic E-state index is 12.2. The molecule has 2 N–H and O–H groups in total. The summed E-state index contributed by atoms with van der Waals surface area (Å²) in [6.07, 6.45) is 3.09. The summed E-state index contributed by atoms with van der Waals surface area (Å²) in [4.78, 5) is 12.2. The molecule has 3 heteroatoms. The molecule has 0 heterocycles. The summed E-state index contributed by atoms with van der Waals surface area (Å²) in [5.41, 5.74) is 2.76. The van der Waals surface area contributed by atoms with Crippen molar-refractivity contribution in [2.45, 2.75) is 46.1 Å². The Morgan fingerprint density at radius 1 is 1.33 bits per heavy atom. The topological polar surface area (TPSA) is 41.1 Å². The summed E-state index contributed by atoms with van der Waals surface area (Å²) in [5, 5.41) is 6.18. The first-order valence-electron chi connectivity index (χ1n) is 6.71. The molecular formula is C15H24N2O. The fourth-order valence-corrected chi connectivity index (χ4v) is 2.05. The van der Waals surface area contributed by atoms with E-state index in [1.807, 2.05) is 32.2 Å². The van der Waals surface area contributed by atoms with Crippen LogP contribution < -0.4 is 10.6 Å². The van der Waals surface area contributed by atoms with Gasteiger partial charge in [0.15, 0.2) is 0 Å². The summed E-state index contributed by atoms with van der Waals surface area (Å²) in [6, 6.07) is 6.12. The fraction of sp³-hybridized carbons (Fsp3) is 0.533. The van der Waals surface area contributed by atoms with Crippen LogP contribution in [0.1, 0.15) is 49.0 Å². The highest BCUT2D eigenvalue weighted by molar-refractivity contribution is 5.99. The standard InChI is InChI=1S/C15H24N2O/c1-5-7-12(6-2)17-15(18)13-9-8-11(3)10-14(13)16-4/h8-10,12,16H,5-7H2,1-4H3,(H,17,18). The minimum absolute atomic E-state index is 0.0136. The van der Waals surface area contributed by atoms with E-state index in [1.54, 1.807) is 0 Å². The van der Waals surface area contributed by atoms with Gasteiger partial charge in [0.05, 0.1) is 5.56 Å². The Bertz CT molecular complexity index is 401. The van der Waals surface area contributed by atoms with E-state index in [4.69, 9.17) is 0 Å². The Balaban J connectivity index is 2.83. The van der Waals surface area contributed by atoms with Crippen molar-refractivity contribution >= 4 is 11.6 Å². The first-order chi connectivity index (χ1) is 8.62. The minimum atomic E-state index is 0.0136. The van der Waals surface area contributed by atoms with Gasteiger partial charge in [-0.15, -0.1) is 0 Å². The van der Waals surface area contributed by atoms with E-state index in [0.717, 1.165) is 36.1 Å². The van der Waals surface area contributed by atoms with E-state index in [-0.39, 0.29) is 11.9 Å². The van der Waals surface area contributed by atoms with Crippen LogP contribution in [0.4, 0.5) is 5.69 Å². The first kappa shape index (κ1) is 14.6. The molecule has 0 radical (unpaired) electrons. The van der Waals surface area contributed by atoms with Crippen molar-refractivity contribution in [1.82, 2.24) is 5.32 Å². The van der Waals surface area contributed by atoms with Gasteiger partial charge in [-0.1, -0.05) is 26.3 Å². The van der Waals surface area contributed by atoms with Crippen molar-refractivity contribution < 1.29 is 4.79 Å². The van der Waals surface area contributed by atoms with Gasteiger partial charge in [0.25, 0.3) is 5.91 Å². The number of carbonyl (C=O) groups is 1. The fourth-order valence-electron chi connectivity index (χ4n) is 2.05. The molecule has 1 unspecified atom stereocenters. The van der Waals surface area contributed by atoms with Crippen LogP contribution in [0.25, 0.3) is 0 Å². The number of hydrogen-bond acceptors (Lipinski definition) is 2. The van der Waals surface area contributed by atoms with Crippen LogP contribution in [-0.4, -0.2) is 19.0 Å². The molecule has 0 spiro atoms.